The van der Waals surface area contributed by atoms with Gasteiger partial charge < -0.3 is 34.1 Å². The Balaban J connectivity index is 0.000000228. The highest BCUT2D eigenvalue weighted by atomic mass is 35.5. The number of amides is 1. The molecule has 0 fully saturated rings. The van der Waals surface area contributed by atoms with E-state index in [1.54, 1.807) is 38.4 Å². The average Bonchev–Trinajstić information content (AvgIpc) is 1.26. The number of benzene rings is 2. The number of carbonyl (C=O) groups is 1. The maximum Gasteiger partial charge on any atom is 0.417 e. The van der Waals surface area contributed by atoms with E-state index < -0.39 is 34.4 Å². The summed E-state index contributed by atoms with van der Waals surface area (Å²) in [6.07, 6.45) is 15.5. The number of aryl methyl sites for hydroxylation is 2. The number of carbonyl (C=O) groups excluding carboxylic acids is 1. The van der Waals surface area contributed by atoms with Crippen molar-refractivity contribution in [1.82, 2.24) is 68.6 Å². The van der Waals surface area contributed by atoms with Gasteiger partial charge in [-0.15, -0.1) is 21.5 Å². The molecule has 18 nitrogen and oxygen atoms in total. The number of hydrogen-bond acceptors (Lipinski definition) is 13. The van der Waals surface area contributed by atoms with Gasteiger partial charge in [-0.05, 0) is 183 Å². The monoisotopic (exact) mass is 1480 g/mol. The van der Waals surface area contributed by atoms with Gasteiger partial charge in [-0.3, -0.25) is 28.6 Å². The van der Waals surface area contributed by atoms with E-state index in [1.165, 1.54) is 35.2 Å². The van der Waals surface area contributed by atoms with Crippen molar-refractivity contribution in [3.05, 3.63) is 213 Å². The Kier molecular flexibility index (Phi) is 33.6. The fourth-order valence-corrected chi connectivity index (χ4v) is 11.5. The Hall–Kier alpha value is -7.61. The summed E-state index contributed by atoms with van der Waals surface area (Å²) in [5.74, 6) is 3.62. The molecule has 572 valence electrons. The van der Waals surface area contributed by atoms with Crippen LogP contribution in [0.2, 0.25) is 5.02 Å². The largest absolute Gasteiger partial charge is 0.468 e. The Bertz CT molecular complexity index is 3900. The van der Waals surface area contributed by atoms with E-state index in [0.717, 1.165) is 116 Å². The number of rotatable bonds is 22. The van der Waals surface area contributed by atoms with Crippen molar-refractivity contribution < 1.29 is 31.2 Å². The second-order valence-corrected chi connectivity index (χ2v) is 33.3. The van der Waals surface area contributed by atoms with Crippen LogP contribution in [0.5, 0.6) is 0 Å². The summed E-state index contributed by atoms with van der Waals surface area (Å²) in [5, 5.41) is 25.5. The Morgan fingerprint density at radius 3 is 1.92 bits per heavy atom. The van der Waals surface area contributed by atoms with Crippen molar-refractivity contribution in [1.29, 1.82) is 0 Å². The van der Waals surface area contributed by atoms with Crippen LogP contribution in [0, 0.1) is 5.41 Å². The lowest BCUT2D eigenvalue weighted by Crippen LogP contribution is -2.45. The molecule has 7 aromatic heterocycles. The second kappa shape index (κ2) is 40.2. The summed E-state index contributed by atoms with van der Waals surface area (Å²) in [6, 6.07) is 30.5. The highest BCUT2D eigenvalue weighted by Gasteiger charge is 2.34. The number of nitrogens with zero attached hydrogens (tertiary/aromatic N) is 12. The molecule has 0 atom stereocenters. The van der Waals surface area contributed by atoms with Gasteiger partial charge in [0.15, 0.2) is 0 Å². The quantitative estimate of drug-likeness (QED) is 0.0548. The predicted molar refractivity (Wildman–Crippen MR) is 411 cm³/mol. The molecule has 0 saturated carbocycles. The number of anilines is 1. The maximum atomic E-state index is 12.5. The molecule has 1 amide bonds. The van der Waals surface area contributed by atoms with E-state index in [4.69, 9.17) is 21.0 Å². The first-order valence-corrected chi connectivity index (χ1v) is 36.9. The minimum atomic E-state index is -4.51. The van der Waals surface area contributed by atoms with Gasteiger partial charge in [0.1, 0.15) is 28.3 Å². The summed E-state index contributed by atoms with van der Waals surface area (Å²) in [6.45, 7) is 42.8. The van der Waals surface area contributed by atoms with Crippen molar-refractivity contribution >= 4 is 34.5 Å². The minimum Gasteiger partial charge on any atom is -0.468 e. The zero-order valence-corrected chi connectivity index (χ0v) is 66.2. The zero-order chi connectivity index (χ0) is 77.1. The SMILES string of the molecule is CC(C)(C)CCCc1nccn1C(F)F.CC(C)(C)N(CC(=O)Nc1ccccc1)Cc1ccco1.CC(C)(C)N(CCn1cccn1)Cc1csc(Cc2ccccc2)n1.CC(C)(C)NCCc1nnc2n1CCC2.CC(C)(C)NCCn1cccc1.CC(C)(C)n1cc(C(F)(F)F)cc(Cl)c1=O. The molecule has 8 heterocycles. The molecule has 0 radical (unpaired) electrons. The number of fused-ring (bicyclic) bond motifs is 1. The van der Waals surface area contributed by atoms with Gasteiger partial charge in [0.05, 0.1) is 42.2 Å². The second-order valence-electron chi connectivity index (χ2n) is 32.0. The molecule has 0 unspecified atom stereocenters. The first-order chi connectivity index (χ1) is 48.5. The van der Waals surface area contributed by atoms with Crippen LogP contribution in [0.3, 0.4) is 0 Å². The van der Waals surface area contributed by atoms with Crippen molar-refractivity contribution in [3.63, 3.8) is 0 Å². The van der Waals surface area contributed by atoms with E-state index in [1.807, 2.05) is 65.6 Å². The lowest BCUT2D eigenvalue weighted by atomic mass is 9.90. The number of halogens is 6. The normalized spacial score (nSPS) is 12.6. The van der Waals surface area contributed by atoms with Gasteiger partial charge >= 0.3 is 12.7 Å². The van der Waals surface area contributed by atoms with E-state index in [9.17, 15) is 31.5 Å². The lowest BCUT2D eigenvalue weighted by Gasteiger charge is -2.35. The summed E-state index contributed by atoms with van der Waals surface area (Å²) in [7, 11) is 0. The van der Waals surface area contributed by atoms with Crippen LogP contribution < -0.4 is 21.5 Å². The topological polar surface area (TPSA) is 179 Å². The van der Waals surface area contributed by atoms with E-state index in [2.05, 4.69) is 219 Å². The highest BCUT2D eigenvalue weighted by molar-refractivity contribution is 7.09. The molecule has 10 rings (SSSR count). The van der Waals surface area contributed by atoms with Gasteiger partial charge in [-0.2, -0.15) is 27.1 Å². The first kappa shape index (κ1) is 87.0. The maximum absolute atomic E-state index is 12.5. The van der Waals surface area contributed by atoms with Crippen LogP contribution in [0.15, 0.2) is 161 Å². The number of hydrogen-bond donors (Lipinski definition) is 3. The number of alkyl halides is 5. The van der Waals surface area contributed by atoms with E-state index >= 15 is 0 Å². The Morgan fingerprint density at radius 2 is 1.36 bits per heavy atom. The molecular formula is C79H115ClF5N15O3S. The number of thiazole rings is 1. The summed E-state index contributed by atoms with van der Waals surface area (Å²) in [5.41, 5.74) is 1.63. The summed E-state index contributed by atoms with van der Waals surface area (Å²) in [4.78, 5) is 37.1. The third-order valence-electron chi connectivity index (χ3n) is 16.2. The van der Waals surface area contributed by atoms with Crippen LogP contribution in [-0.2, 0) is 74.9 Å². The van der Waals surface area contributed by atoms with E-state index in [0.29, 0.717) is 31.4 Å². The number of pyridine rings is 1. The van der Waals surface area contributed by atoms with Crippen LogP contribution in [0.4, 0.5) is 27.6 Å². The summed E-state index contributed by atoms with van der Waals surface area (Å²) < 4.78 is 76.1. The molecule has 1 aliphatic rings. The Morgan fingerprint density at radius 1 is 0.712 bits per heavy atom. The van der Waals surface area contributed by atoms with Crippen molar-refractivity contribution in [2.24, 2.45) is 5.41 Å². The third kappa shape index (κ3) is 33.2. The van der Waals surface area contributed by atoms with Crippen molar-refractivity contribution in [3.8, 4) is 0 Å². The fraction of sp³-hybridized carbons (Fsp3) is 0.532. The number of aromatic nitrogens is 10. The third-order valence-corrected chi connectivity index (χ3v) is 17.4. The van der Waals surface area contributed by atoms with Crippen LogP contribution >= 0.6 is 22.9 Å². The highest BCUT2D eigenvalue weighted by Crippen LogP contribution is 2.31. The van der Waals surface area contributed by atoms with Gasteiger partial charge in [0.2, 0.25) is 5.91 Å². The van der Waals surface area contributed by atoms with Gasteiger partial charge in [0.25, 0.3) is 5.56 Å². The predicted octanol–water partition coefficient (Wildman–Crippen LogP) is 17.7. The smallest absolute Gasteiger partial charge is 0.417 e. The molecule has 9 aromatic rings. The van der Waals surface area contributed by atoms with Gasteiger partial charge in [0, 0.05) is 147 Å². The first-order valence-electron chi connectivity index (χ1n) is 35.7. The minimum absolute atomic E-state index is 0.0253. The van der Waals surface area contributed by atoms with Crippen molar-refractivity contribution in [2.75, 3.05) is 31.5 Å². The molecule has 0 saturated heterocycles. The molecule has 0 aliphatic carbocycles. The van der Waals surface area contributed by atoms with E-state index in [-0.39, 0.29) is 33.5 Å². The summed E-state index contributed by atoms with van der Waals surface area (Å²) >= 11 is 7.26. The number of imidazole rings is 1. The molecule has 2 aromatic carbocycles. The van der Waals surface area contributed by atoms with Crippen LogP contribution in [-0.4, -0.2) is 112 Å². The Labute approximate surface area is 623 Å². The van der Waals surface area contributed by atoms with Crippen LogP contribution in [0.25, 0.3) is 0 Å². The molecule has 0 spiro atoms. The number of furan rings is 1. The number of nitrogens with one attached hydrogen (secondary N) is 3. The molecule has 1 aliphatic heterocycles. The molecule has 3 N–H and O–H groups in total. The number of para-hydroxylation sites is 1. The van der Waals surface area contributed by atoms with Gasteiger partial charge in [-0.1, -0.05) is 80.9 Å². The fourth-order valence-electron chi connectivity index (χ4n) is 10.5. The average molecular weight is 1490 g/mol. The standard InChI is InChI=1S/C20H26N4S.C17H22N2O2.C11H18F2N2.C11H20N4.C10H11ClF3NO.C10H18N2/c1-20(2,3)23(12-13-24-11-7-10-21-24)15-18-16-25-19(22-18)14-17-8-5-4-6-9-17;1-17(2,3)19(12-15-10-7-11-21-15)13-16(20)18-14-8-5-4-6-9-14;1-11(2,3)6-4-5-9-14-7-8-15(9)10(12)13;1-11(2,3)12-7-6-10-14-13-9-5-4-8-15(9)10;1-9(2,3)15-5-6(10(12,13)14)4-7(11)8(15)16;1-10(2,3)11-6-9-12-7-4-5-8-12/h4-11,16H,12-15H2,1-3H3;4-11H,12-13H2,1-3H3,(H,18,20);7-8,10H,4-6H2,1-3H3;12H,4-8H2,1-3H3;4-5H,1-3H3;4-5,7-8,11H,6,9H2,1-3H3. The molecule has 25 heteroatoms. The lowest BCUT2D eigenvalue weighted by molar-refractivity contribution is -0.138. The zero-order valence-electron chi connectivity index (χ0n) is 64.6. The molecule has 104 heavy (non-hydrogen) atoms. The molecule has 0 bridgehead atoms. The van der Waals surface area contributed by atoms with Crippen LogP contribution in [0.1, 0.15) is 196 Å². The molecular weight excluding hydrogens is 1370 g/mol. The van der Waals surface area contributed by atoms with Gasteiger partial charge in [-0.25, -0.2) is 9.97 Å². The van der Waals surface area contributed by atoms with Crippen molar-refractivity contribution in [2.45, 2.75) is 243 Å².